The maximum absolute atomic E-state index is 11.7. The van der Waals surface area contributed by atoms with E-state index in [0.717, 1.165) is 0 Å². The molecule has 0 saturated carbocycles. The Morgan fingerprint density at radius 1 is 1.26 bits per heavy atom. The number of benzene rings is 1. The van der Waals surface area contributed by atoms with Crippen LogP contribution in [0.4, 0.5) is 0 Å². The molecule has 1 aromatic heterocycles. The van der Waals surface area contributed by atoms with Crippen LogP contribution in [0, 0.1) is 0 Å². The molecule has 0 spiro atoms. The van der Waals surface area contributed by atoms with E-state index < -0.39 is 30.4 Å². The number of hydrogen-bond acceptors (Lipinski definition) is 6. The third-order valence-corrected chi connectivity index (χ3v) is 2.94. The van der Waals surface area contributed by atoms with Gasteiger partial charge < -0.3 is 20.8 Å². The molecule has 0 bridgehead atoms. The maximum Gasteiger partial charge on any atom is 0.333 e. The van der Waals surface area contributed by atoms with Gasteiger partial charge in [-0.2, -0.15) is 0 Å². The summed E-state index contributed by atoms with van der Waals surface area (Å²) in [6.45, 7) is -0.420. The summed E-state index contributed by atoms with van der Waals surface area (Å²) in [4.78, 5) is 41.6. The van der Waals surface area contributed by atoms with Gasteiger partial charge in [-0.05, 0) is 12.1 Å². The molecule has 0 unspecified atom stereocenters. The van der Waals surface area contributed by atoms with Crippen molar-refractivity contribution in [2.75, 3.05) is 6.54 Å². The van der Waals surface area contributed by atoms with Crippen molar-refractivity contribution in [1.29, 1.82) is 0 Å². The van der Waals surface area contributed by atoms with Gasteiger partial charge in [-0.1, -0.05) is 18.2 Å². The Hall–Kier alpha value is -3.00. The lowest BCUT2D eigenvalue weighted by Crippen LogP contribution is -2.38. The zero-order valence-corrected chi connectivity index (χ0v) is 12.2. The van der Waals surface area contributed by atoms with Gasteiger partial charge in [0.05, 0.1) is 6.33 Å². The van der Waals surface area contributed by atoms with Gasteiger partial charge in [-0.15, -0.1) is 0 Å². The molecule has 1 heterocycles. The number of amides is 1. The van der Waals surface area contributed by atoms with E-state index >= 15 is 0 Å². The van der Waals surface area contributed by atoms with Crippen molar-refractivity contribution in [3.05, 3.63) is 54.1 Å². The summed E-state index contributed by atoms with van der Waals surface area (Å²) >= 11 is 0. The predicted molar refractivity (Wildman–Crippen MR) is 80.1 cm³/mol. The number of carbonyl (C=O) groups is 3. The van der Waals surface area contributed by atoms with E-state index in [4.69, 9.17) is 5.73 Å². The molecule has 2 rings (SSSR count). The average Bonchev–Trinajstić information content (AvgIpc) is 3.06. The van der Waals surface area contributed by atoms with Gasteiger partial charge in [0.25, 0.3) is 5.91 Å². The second-order valence-corrected chi connectivity index (χ2v) is 4.73. The molecule has 8 heteroatoms. The molecule has 0 aliphatic rings. The van der Waals surface area contributed by atoms with Gasteiger partial charge in [0.2, 0.25) is 0 Å². The number of ether oxygens (including phenoxy) is 1. The minimum atomic E-state index is -0.996. The predicted octanol–water partition coefficient (Wildman–Crippen LogP) is -0.221. The minimum absolute atomic E-state index is 0.169. The molecule has 1 amide bonds. The number of nitrogens with two attached hydrogens (primary N) is 1. The van der Waals surface area contributed by atoms with Crippen LogP contribution >= 0.6 is 0 Å². The lowest BCUT2D eigenvalue weighted by Gasteiger charge is -2.09. The summed E-state index contributed by atoms with van der Waals surface area (Å²) in [7, 11) is 0. The van der Waals surface area contributed by atoms with Crippen LogP contribution < -0.4 is 11.1 Å². The van der Waals surface area contributed by atoms with E-state index in [0.29, 0.717) is 11.3 Å². The van der Waals surface area contributed by atoms with Crippen LogP contribution in [0.5, 0.6) is 0 Å². The van der Waals surface area contributed by atoms with Crippen LogP contribution in [0.3, 0.4) is 0 Å². The number of rotatable bonds is 6. The Bertz CT molecular complexity index is 670. The quantitative estimate of drug-likeness (QED) is 0.499. The number of hydrogen-bond donors (Lipinski definition) is 3. The van der Waals surface area contributed by atoms with Crippen LogP contribution in [0.1, 0.15) is 16.1 Å². The van der Waals surface area contributed by atoms with Crippen LogP contribution in [-0.2, 0) is 20.7 Å². The first-order chi connectivity index (χ1) is 11.1. The Morgan fingerprint density at radius 2 is 2.00 bits per heavy atom. The molecule has 8 nitrogen and oxygen atoms in total. The normalized spacial score (nSPS) is 11.5. The lowest BCUT2D eigenvalue weighted by atomic mass is 10.2. The number of imidazole rings is 1. The van der Waals surface area contributed by atoms with Gasteiger partial charge >= 0.3 is 11.9 Å². The molecular formula is C15H16N4O4. The second-order valence-electron chi connectivity index (χ2n) is 4.73. The van der Waals surface area contributed by atoms with Crippen molar-refractivity contribution >= 4 is 17.8 Å². The van der Waals surface area contributed by atoms with Crippen molar-refractivity contribution in [2.45, 2.75) is 12.5 Å². The average molecular weight is 316 g/mol. The first-order valence-electron chi connectivity index (χ1n) is 6.87. The van der Waals surface area contributed by atoms with Crippen LogP contribution in [0.15, 0.2) is 42.9 Å². The Morgan fingerprint density at radius 3 is 2.65 bits per heavy atom. The molecular weight excluding hydrogens is 300 g/mol. The fourth-order valence-electron chi connectivity index (χ4n) is 1.78. The number of nitrogens with one attached hydrogen (secondary N) is 2. The highest BCUT2D eigenvalue weighted by Gasteiger charge is 2.20. The summed E-state index contributed by atoms with van der Waals surface area (Å²) in [6.07, 6.45) is 3.15. The van der Waals surface area contributed by atoms with Gasteiger partial charge in [0.15, 0.2) is 0 Å². The molecule has 0 aliphatic heterocycles. The molecule has 0 radical (unpaired) electrons. The summed E-state index contributed by atoms with van der Waals surface area (Å²) in [6, 6.07) is 7.38. The third-order valence-electron chi connectivity index (χ3n) is 2.94. The van der Waals surface area contributed by atoms with Crippen molar-refractivity contribution < 1.29 is 19.1 Å². The van der Waals surface area contributed by atoms with Crippen molar-refractivity contribution in [2.24, 2.45) is 5.73 Å². The summed E-state index contributed by atoms with van der Waals surface area (Å²) in [5.41, 5.74) is 6.70. The van der Waals surface area contributed by atoms with E-state index in [-0.39, 0.29) is 6.42 Å². The van der Waals surface area contributed by atoms with Crippen molar-refractivity contribution in [3.8, 4) is 0 Å². The van der Waals surface area contributed by atoms with Gasteiger partial charge in [0.1, 0.15) is 12.6 Å². The van der Waals surface area contributed by atoms with Crippen LogP contribution in [0.2, 0.25) is 0 Å². The number of aromatic nitrogens is 2. The molecule has 4 N–H and O–H groups in total. The number of esters is 2. The Balaban J connectivity index is 1.75. The highest BCUT2D eigenvalue weighted by molar-refractivity contribution is 5.97. The van der Waals surface area contributed by atoms with Crippen LogP contribution in [0.25, 0.3) is 0 Å². The Kier molecular flexibility index (Phi) is 5.59. The van der Waals surface area contributed by atoms with E-state index in [1.165, 1.54) is 12.5 Å². The minimum Gasteiger partial charge on any atom is -0.391 e. The van der Waals surface area contributed by atoms with Crippen molar-refractivity contribution in [3.63, 3.8) is 0 Å². The van der Waals surface area contributed by atoms with E-state index in [1.54, 1.807) is 30.3 Å². The van der Waals surface area contributed by atoms with Gasteiger partial charge in [-0.25, -0.2) is 14.6 Å². The molecule has 120 valence electrons. The smallest absolute Gasteiger partial charge is 0.333 e. The van der Waals surface area contributed by atoms with Crippen molar-refractivity contribution in [1.82, 2.24) is 15.3 Å². The van der Waals surface area contributed by atoms with E-state index in [2.05, 4.69) is 20.0 Å². The fraction of sp³-hybridized carbons (Fsp3) is 0.200. The molecule has 23 heavy (non-hydrogen) atoms. The third kappa shape index (κ3) is 5.04. The summed E-state index contributed by atoms with van der Waals surface area (Å²) in [5, 5.41) is 2.37. The molecule has 0 fully saturated rings. The largest absolute Gasteiger partial charge is 0.391 e. The second kappa shape index (κ2) is 7.85. The Labute approximate surface area is 132 Å². The molecule has 0 saturated heterocycles. The van der Waals surface area contributed by atoms with E-state index in [9.17, 15) is 14.4 Å². The number of carbonyl (C=O) groups excluding carboxylic acids is 3. The van der Waals surface area contributed by atoms with Crippen LogP contribution in [-0.4, -0.2) is 40.4 Å². The molecule has 1 atom stereocenters. The number of aromatic amines is 1. The highest BCUT2D eigenvalue weighted by atomic mass is 16.6. The monoisotopic (exact) mass is 316 g/mol. The van der Waals surface area contributed by atoms with E-state index in [1.807, 2.05) is 0 Å². The topological polar surface area (TPSA) is 127 Å². The lowest BCUT2D eigenvalue weighted by molar-refractivity contribution is -0.159. The summed E-state index contributed by atoms with van der Waals surface area (Å²) < 4.78 is 4.60. The SMILES string of the molecule is N[C@@H](Cc1cnc[nH]1)C(=O)OC(=O)CNC(=O)c1ccccc1. The highest BCUT2D eigenvalue weighted by Crippen LogP contribution is 1.99. The maximum atomic E-state index is 11.7. The number of H-pyrrole nitrogens is 1. The fourth-order valence-corrected chi connectivity index (χ4v) is 1.78. The van der Waals surface area contributed by atoms with Gasteiger partial charge in [0, 0.05) is 23.9 Å². The molecule has 2 aromatic rings. The molecule has 1 aromatic carbocycles. The first-order valence-corrected chi connectivity index (χ1v) is 6.87. The zero-order valence-electron chi connectivity index (χ0n) is 12.2. The zero-order chi connectivity index (χ0) is 16.7. The number of nitrogens with zero attached hydrogens (tertiary/aromatic N) is 1. The summed E-state index contributed by atoms with van der Waals surface area (Å²) in [5.74, 6) is -2.17. The molecule has 0 aliphatic carbocycles. The first kappa shape index (κ1) is 16.4. The standard InChI is InChI=1S/C15H16N4O4/c16-12(6-11-7-17-9-19-11)15(22)23-13(20)8-18-14(21)10-4-2-1-3-5-10/h1-5,7,9,12H,6,8,16H2,(H,17,19)(H,18,21)/t12-/m0/s1. The van der Waals surface area contributed by atoms with Gasteiger partial charge in [-0.3, -0.25) is 4.79 Å².